The number of carbonyl (C=O) groups excluding carboxylic acids is 1. The van der Waals surface area contributed by atoms with Crippen LogP contribution in [0.25, 0.3) is 0 Å². The normalized spacial score (nSPS) is 22.3. The molecule has 2 heterocycles. The third-order valence-electron chi connectivity index (χ3n) is 5.88. The molecule has 26 heavy (non-hydrogen) atoms. The Morgan fingerprint density at radius 3 is 2.65 bits per heavy atom. The maximum Gasteiger partial charge on any atom is 0.261 e. The second-order valence-electron chi connectivity index (χ2n) is 8.30. The molecule has 1 saturated carbocycles. The summed E-state index contributed by atoms with van der Waals surface area (Å²) in [6.07, 6.45) is 9.32. The van der Waals surface area contributed by atoms with Gasteiger partial charge in [0.25, 0.3) is 5.91 Å². The Labute approximate surface area is 155 Å². The van der Waals surface area contributed by atoms with Crippen LogP contribution < -0.4 is 10.6 Å². The largest absolute Gasteiger partial charge is 0.366 e. The lowest BCUT2D eigenvalue weighted by Gasteiger charge is -2.42. The third-order valence-corrected chi connectivity index (χ3v) is 5.88. The minimum Gasteiger partial charge on any atom is -0.366 e. The van der Waals surface area contributed by atoms with Crippen molar-refractivity contribution in [3.63, 3.8) is 0 Å². The van der Waals surface area contributed by atoms with Crippen LogP contribution in [0.15, 0.2) is 36.5 Å². The molecule has 0 radical (unpaired) electrons. The standard InChI is InChI=1S/C21H28N4O/c1-21(2)13-18(15-9-5-3-6-10-15)24-19-17(14-22-25(19)21)20(26)23-16-11-7-4-8-12-16/h4,7-8,11-12,14-15,18,24H,3,5-6,9-10,13H2,1-2H3,(H,23,26). The number of amides is 1. The number of carbonyl (C=O) groups is 1. The van der Waals surface area contributed by atoms with Crippen LogP contribution in [-0.4, -0.2) is 21.7 Å². The maximum atomic E-state index is 12.8. The van der Waals surface area contributed by atoms with Crippen molar-refractivity contribution in [1.82, 2.24) is 9.78 Å². The first-order chi connectivity index (χ1) is 12.5. The van der Waals surface area contributed by atoms with Crippen LogP contribution in [0, 0.1) is 5.92 Å². The van der Waals surface area contributed by atoms with Gasteiger partial charge in [0, 0.05) is 11.7 Å². The number of hydrogen-bond donors (Lipinski definition) is 2. The Hall–Kier alpha value is -2.30. The van der Waals surface area contributed by atoms with Crippen LogP contribution in [0.3, 0.4) is 0 Å². The fourth-order valence-electron chi connectivity index (χ4n) is 4.50. The Kier molecular flexibility index (Phi) is 4.47. The van der Waals surface area contributed by atoms with E-state index in [1.807, 2.05) is 35.0 Å². The first-order valence-electron chi connectivity index (χ1n) is 9.76. The molecule has 1 atom stereocenters. The Morgan fingerprint density at radius 2 is 1.92 bits per heavy atom. The molecular weight excluding hydrogens is 324 g/mol. The van der Waals surface area contributed by atoms with Gasteiger partial charge in [0.1, 0.15) is 11.4 Å². The van der Waals surface area contributed by atoms with Crippen LogP contribution in [0.1, 0.15) is 62.7 Å². The summed E-state index contributed by atoms with van der Waals surface area (Å²) in [5, 5.41) is 11.2. The Morgan fingerprint density at radius 1 is 1.19 bits per heavy atom. The van der Waals surface area contributed by atoms with Crippen LogP contribution in [-0.2, 0) is 5.54 Å². The molecule has 1 aromatic carbocycles. The van der Waals surface area contributed by atoms with Crippen molar-refractivity contribution in [2.45, 2.75) is 64.0 Å². The minimum absolute atomic E-state index is 0.0893. The highest BCUT2D eigenvalue weighted by Gasteiger charge is 2.39. The fraction of sp³-hybridized carbons (Fsp3) is 0.524. The average molecular weight is 352 g/mol. The van der Waals surface area contributed by atoms with E-state index in [9.17, 15) is 4.79 Å². The fourth-order valence-corrected chi connectivity index (χ4v) is 4.50. The molecule has 5 nitrogen and oxygen atoms in total. The first-order valence-corrected chi connectivity index (χ1v) is 9.76. The molecule has 0 saturated heterocycles. The summed E-state index contributed by atoms with van der Waals surface area (Å²) >= 11 is 0. The molecule has 1 unspecified atom stereocenters. The zero-order valence-corrected chi connectivity index (χ0v) is 15.7. The van der Waals surface area contributed by atoms with Crippen LogP contribution in [0.2, 0.25) is 0 Å². The highest BCUT2D eigenvalue weighted by molar-refractivity contribution is 6.07. The SMILES string of the molecule is CC1(C)CC(C2CCCCC2)Nc2c(C(=O)Nc3ccccc3)cnn21. The molecule has 1 aliphatic carbocycles. The van der Waals surface area contributed by atoms with E-state index in [0.29, 0.717) is 17.5 Å². The third kappa shape index (κ3) is 3.22. The number of anilines is 2. The predicted molar refractivity (Wildman–Crippen MR) is 105 cm³/mol. The lowest BCUT2D eigenvalue weighted by Crippen LogP contribution is -2.45. The van der Waals surface area contributed by atoms with Crippen molar-refractivity contribution in [2.75, 3.05) is 10.6 Å². The van der Waals surface area contributed by atoms with Gasteiger partial charge in [-0.1, -0.05) is 37.5 Å². The molecule has 1 aliphatic heterocycles. The molecule has 1 amide bonds. The van der Waals surface area contributed by atoms with Crippen LogP contribution in [0.4, 0.5) is 11.5 Å². The van der Waals surface area contributed by atoms with Crippen molar-refractivity contribution in [3.05, 3.63) is 42.1 Å². The average Bonchev–Trinajstić information content (AvgIpc) is 3.08. The summed E-state index contributed by atoms with van der Waals surface area (Å²) in [6.45, 7) is 4.44. The van der Waals surface area contributed by atoms with Gasteiger partial charge in [0.05, 0.1) is 11.7 Å². The van der Waals surface area contributed by atoms with E-state index in [1.165, 1.54) is 32.1 Å². The maximum absolute atomic E-state index is 12.8. The molecule has 1 fully saturated rings. The number of para-hydroxylation sites is 1. The second-order valence-corrected chi connectivity index (χ2v) is 8.30. The Bertz CT molecular complexity index is 775. The molecular formula is C21H28N4O. The number of nitrogens with one attached hydrogen (secondary N) is 2. The van der Waals surface area contributed by atoms with Crippen molar-refractivity contribution in [3.8, 4) is 0 Å². The number of hydrogen-bond acceptors (Lipinski definition) is 3. The highest BCUT2D eigenvalue weighted by atomic mass is 16.1. The van der Waals surface area contributed by atoms with Gasteiger partial charge in [-0.3, -0.25) is 4.79 Å². The van der Waals surface area contributed by atoms with Gasteiger partial charge in [-0.2, -0.15) is 5.10 Å². The van der Waals surface area contributed by atoms with Gasteiger partial charge in [0.2, 0.25) is 0 Å². The van der Waals surface area contributed by atoms with Gasteiger partial charge < -0.3 is 10.6 Å². The lowest BCUT2D eigenvalue weighted by atomic mass is 9.78. The zero-order valence-electron chi connectivity index (χ0n) is 15.7. The summed E-state index contributed by atoms with van der Waals surface area (Å²) in [5.74, 6) is 1.45. The van der Waals surface area contributed by atoms with E-state index in [4.69, 9.17) is 0 Å². The van der Waals surface area contributed by atoms with Gasteiger partial charge >= 0.3 is 0 Å². The van der Waals surface area contributed by atoms with Gasteiger partial charge in [0.15, 0.2) is 0 Å². The van der Waals surface area contributed by atoms with Crippen molar-refractivity contribution in [2.24, 2.45) is 5.92 Å². The predicted octanol–water partition coefficient (Wildman–Crippen LogP) is 4.64. The van der Waals surface area contributed by atoms with E-state index in [-0.39, 0.29) is 11.4 Å². The number of fused-ring (bicyclic) bond motifs is 1. The van der Waals surface area contributed by atoms with Crippen molar-refractivity contribution >= 4 is 17.4 Å². The van der Waals surface area contributed by atoms with Gasteiger partial charge in [-0.15, -0.1) is 0 Å². The van der Waals surface area contributed by atoms with Crippen LogP contribution in [0.5, 0.6) is 0 Å². The molecule has 1 aromatic heterocycles. The zero-order chi connectivity index (χ0) is 18.1. The number of benzene rings is 1. The summed E-state index contributed by atoms with van der Waals surface area (Å²) in [7, 11) is 0. The van der Waals surface area contributed by atoms with Gasteiger partial charge in [-0.25, -0.2) is 4.68 Å². The molecule has 2 aromatic rings. The summed E-state index contributed by atoms with van der Waals surface area (Å²) in [5.41, 5.74) is 1.34. The Balaban J connectivity index is 1.60. The van der Waals surface area contributed by atoms with E-state index >= 15 is 0 Å². The summed E-state index contributed by atoms with van der Waals surface area (Å²) in [6, 6.07) is 9.99. The molecule has 5 heteroatoms. The number of rotatable bonds is 3. The highest BCUT2D eigenvalue weighted by Crippen LogP contribution is 2.39. The van der Waals surface area contributed by atoms with Crippen molar-refractivity contribution < 1.29 is 4.79 Å². The monoisotopic (exact) mass is 352 g/mol. The summed E-state index contributed by atoms with van der Waals surface area (Å²) < 4.78 is 1.99. The van der Waals surface area contributed by atoms with Gasteiger partial charge in [-0.05, 0) is 51.2 Å². The smallest absolute Gasteiger partial charge is 0.261 e. The molecule has 4 rings (SSSR count). The molecule has 0 bridgehead atoms. The first kappa shape index (κ1) is 17.1. The van der Waals surface area contributed by atoms with E-state index in [2.05, 4.69) is 29.6 Å². The van der Waals surface area contributed by atoms with Crippen molar-refractivity contribution in [1.29, 1.82) is 0 Å². The topological polar surface area (TPSA) is 59.0 Å². The molecule has 138 valence electrons. The summed E-state index contributed by atoms with van der Waals surface area (Å²) in [4.78, 5) is 12.8. The van der Waals surface area contributed by atoms with E-state index in [1.54, 1.807) is 6.20 Å². The number of aromatic nitrogens is 2. The van der Waals surface area contributed by atoms with Crippen LogP contribution >= 0.6 is 0 Å². The van der Waals surface area contributed by atoms with E-state index in [0.717, 1.165) is 17.9 Å². The number of nitrogens with zero attached hydrogens (tertiary/aromatic N) is 2. The lowest BCUT2D eigenvalue weighted by molar-refractivity contribution is 0.102. The quantitative estimate of drug-likeness (QED) is 0.846. The second kappa shape index (κ2) is 6.78. The molecule has 2 N–H and O–H groups in total. The minimum atomic E-state index is -0.106. The molecule has 2 aliphatic rings. The van der Waals surface area contributed by atoms with E-state index < -0.39 is 0 Å². The molecule has 0 spiro atoms.